The Morgan fingerprint density at radius 3 is 1.95 bits per heavy atom. The third kappa shape index (κ3) is 5.03. The maximum absolute atomic E-state index is 11.1. The molecule has 2 atom stereocenters. The first-order chi connectivity index (χ1) is 9.70. The molecule has 0 saturated heterocycles. The second-order valence-electron chi connectivity index (χ2n) is 4.66. The van der Waals surface area contributed by atoms with E-state index in [1.54, 1.807) is 13.8 Å². The Morgan fingerprint density at radius 2 is 1.52 bits per heavy atom. The minimum Gasteiger partial charge on any atom is -0.480 e. The predicted octanol–water partition coefficient (Wildman–Crippen LogP) is 0.931. The van der Waals surface area contributed by atoms with E-state index in [9.17, 15) is 9.59 Å². The molecule has 10 heteroatoms. The SMILES string of the molecule is CC(C)[C@H](Nc1nc(Cl)nc(N[C@@H](C)C(=O)O)n1)C(=O)O. The minimum absolute atomic E-state index is 0.0452. The Labute approximate surface area is 125 Å². The number of anilines is 2. The van der Waals surface area contributed by atoms with Gasteiger partial charge in [-0.1, -0.05) is 13.8 Å². The van der Waals surface area contributed by atoms with Crippen LogP contribution in [0.4, 0.5) is 11.9 Å². The van der Waals surface area contributed by atoms with Crippen molar-refractivity contribution >= 4 is 35.4 Å². The first-order valence-corrected chi connectivity index (χ1v) is 6.48. The fourth-order valence-electron chi connectivity index (χ4n) is 1.39. The summed E-state index contributed by atoms with van der Waals surface area (Å²) in [5.41, 5.74) is 0. The molecule has 0 aliphatic heterocycles. The van der Waals surface area contributed by atoms with Gasteiger partial charge in [-0.25, -0.2) is 4.79 Å². The largest absolute Gasteiger partial charge is 0.480 e. The molecule has 0 radical (unpaired) electrons. The van der Waals surface area contributed by atoms with Crippen LogP contribution in [0.3, 0.4) is 0 Å². The number of aromatic nitrogens is 3. The van der Waals surface area contributed by atoms with Crippen LogP contribution in [-0.2, 0) is 9.59 Å². The number of halogens is 1. The first-order valence-electron chi connectivity index (χ1n) is 6.11. The number of aliphatic carboxylic acids is 2. The van der Waals surface area contributed by atoms with Crippen molar-refractivity contribution in [2.45, 2.75) is 32.9 Å². The summed E-state index contributed by atoms with van der Waals surface area (Å²) >= 11 is 5.72. The van der Waals surface area contributed by atoms with E-state index in [0.717, 1.165) is 0 Å². The van der Waals surface area contributed by atoms with Crippen molar-refractivity contribution in [1.82, 2.24) is 15.0 Å². The number of rotatable bonds is 7. The van der Waals surface area contributed by atoms with Crippen LogP contribution in [-0.4, -0.2) is 49.2 Å². The second kappa shape index (κ2) is 7.02. The molecule has 9 nitrogen and oxygen atoms in total. The molecule has 0 fully saturated rings. The summed E-state index contributed by atoms with van der Waals surface area (Å²) in [6.45, 7) is 4.85. The van der Waals surface area contributed by atoms with Crippen molar-refractivity contribution in [2.75, 3.05) is 10.6 Å². The Hall–Kier alpha value is -2.16. The lowest BCUT2D eigenvalue weighted by Crippen LogP contribution is -2.35. The van der Waals surface area contributed by atoms with Gasteiger partial charge in [-0.2, -0.15) is 15.0 Å². The van der Waals surface area contributed by atoms with E-state index in [2.05, 4.69) is 25.6 Å². The molecule has 0 aromatic carbocycles. The van der Waals surface area contributed by atoms with Gasteiger partial charge >= 0.3 is 11.9 Å². The van der Waals surface area contributed by atoms with E-state index in [0.29, 0.717) is 0 Å². The average molecular weight is 318 g/mol. The molecule has 4 N–H and O–H groups in total. The van der Waals surface area contributed by atoms with Crippen LogP contribution >= 0.6 is 11.6 Å². The van der Waals surface area contributed by atoms with Crippen molar-refractivity contribution in [3.63, 3.8) is 0 Å². The standard InChI is InChI=1S/C11H16ClN5O4/c1-4(2)6(8(20)21)14-11-16-9(12)15-10(17-11)13-5(3)7(18)19/h4-6H,1-3H3,(H,18,19)(H,20,21)(H2,13,14,15,16,17)/t5-,6-/m0/s1. The van der Waals surface area contributed by atoms with E-state index in [4.69, 9.17) is 21.8 Å². The zero-order valence-electron chi connectivity index (χ0n) is 11.7. The Kier molecular flexibility index (Phi) is 5.65. The molecule has 0 aliphatic rings. The van der Waals surface area contributed by atoms with Crippen LogP contribution in [0.25, 0.3) is 0 Å². The third-order valence-electron chi connectivity index (χ3n) is 2.54. The van der Waals surface area contributed by atoms with Crippen LogP contribution in [0.5, 0.6) is 0 Å². The molecule has 1 aromatic heterocycles. The molecule has 1 heterocycles. The molecule has 0 aliphatic carbocycles. The van der Waals surface area contributed by atoms with Gasteiger partial charge in [0.2, 0.25) is 17.2 Å². The quantitative estimate of drug-likeness (QED) is 0.578. The number of nitrogens with zero attached hydrogens (tertiary/aromatic N) is 3. The lowest BCUT2D eigenvalue weighted by molar-refractivity contribution is -0.139. The molecule has 0 bridgehead atoms. The lowest BCUT2D eigenvalue weighted by Gasteiger charge is -2.18. The monoisotopic (exact) mass is 317 g/mol. The maximum atomic E-state index is 11.1. The van der Waals surface area contributed by atoms with Gasteiger partial charge in [-0.05, 0) is 24.4 Å². The number of nitrogens with one attached hydrogen (secondary N) is 2. The fourth-order valence-corrected chi connectivity index (χ4v) is 1.55. The molecular formula is C11H16ClN5O4. The van der Waals surface area contributed by atoms with Crippen molar-refractivity contribution in [3.05, 3.63) is 5.28 Å². The second-order valence-corrected chi connectivity index (χ2v) is 5.00. The van der Waals surface area contributed by atoms with Crippen molar-refractivity contribution < 1.29 is 19.8 Å². The van der Waals surface area contributed by atoms with Crippen molar-refractivity contribution in [2.24, 2.45) is 5.92 Å². The Bertz CT molecular complexity index is 539. The third-order valence-corrected chi connectivity index (χ3v) is 2.71. The fraction of sp³-hybridized carbons (Fsp3) is 0.545. The van der Waals surface area contributed by atoms with E-state index in [-0.39, 0.29) is 23.1 Å². The zero-order valence-corrected chi connectivity index (χ0v) is 12.4. The first kappa shape index (κ1) is 16.9. The highest BCUT2D eigenvalue weighted by atomic mass is 35.5. The summed E-state index contributed by atoms with van der Waals surface area (Å²) < 4.78 is 0. The van der Waals surface area contributed by atoms with Gasteiger partial charge < -0.3 is 20.8 Å². The molecule has 0 spiro atoms. The minimum atomic E-state index is -1.09. The van der Waals surface area contributed by atoms with Gasteiger partial charge in [0.15, 0.2) is 0 Å². The van der Waals surface area contributed by atoms with Crippen LogP contribution in [0.15, 0.2) is 0 Å². The topological polar surface area (TPSA) is 137 Å². The highest BCUT2D eigenvalue weighted by molar-refractivity contribution is 6.28. The van der Waals surface area contributed by atoms with E-state index >= 15 is 0 Å². The van der Waals surface area contributed by atoms with Gasteiger partial charge in [0.05, 0.1) is 0 Å². The highest BCUT2D eigenvalue weighted by Crippen LogP contribution is 2.14. The molecule has 21 heavy (non-hydrogen) atoms. The Balaban J connectivity index is 2.96. The lowest BCUT2D eigenvalue weighted by atomic mass is 10.1. The van der Waals surface area contributed by atoms with Crippen LogP contribution in [0.1, 0.15) is 20.8 Å². The van der Waals surface area contributed by atoms with E-state index < -0.39 is 24.0 Å². The molecule has 116 valence electrons. The van der Waals surface area contributed by atoms with Crippen LogP contribution in [0, 0.1) is 5.92 Å². The zero-order chi connectivity index (χ0) is 16.2. The summed E-state index contributed by atoms with van der Waals surface area (Å²) in [6.07, 6.45) is 0. The number of carboxylic acid groups (broad SMARTS) is 2. The maximum Gasteiger partial charge on any atom is 0.326 e. The number of carbonyl (C=O) groups is 2. The van der Waals surface area contributed by atoms with Gasteiger partial charge in [0.1, 0.15) is 12.1 Å². The Morgan fingerprint density at radius 1 is 1.00 bits per heavy atom. The highest BCUT2D eigenvalue weighted by Gasteiger charge is 2.23. The van der Waals surface area contributed by atoms with Crippen LogP contribution < -0.4 is 10.6 Å². The van der Waals surface area contributed by atoms with E-state index in [1.807, 2.05) is 0 Å². The smallest absolute Gasteiger partial charge is 0.326 e. The molecule has 0 amide bonds. The van der Waals surface area contributed by atoms with E-state index in [1.165, 1.54) is 6.92 Å². The summed E-state index contributed by atoms with van der Waals surface area (Å²) in [7, 11) is 0. The normalized spacial score (nSPS) is 13.6. The number of hydrogen-bond donors (Lipinski definition) is 4. The van der Waals surface area contributed by atoms with Gasteiger partial charge in [0.25, 0.3) is 0 Å². The number of hydrogen-bond acceptors (Lipinski definition) is 7. The summed E-state index contributed by atoms with van der Waals surface area (Å²) in [5.74, 6) is -2.47. The average Bonchev–Trinajstić information content (AvgIpc) is 2.34. The summed E-state index contributed by atoms with van der Waals surface area (Å²) in [6, 6.07) is -1.84. The molecule has 0 unspecified atom stereocenters. The van der Waals surface area contributed by atoms with Crippen molar-refractivity contribution in [1.29, 1.82) is 0 Å². The van der Waals surface area contributed by atoms with Gasteiger partial charge in [-0.15, -0.1) is 0 Å². The van der Waals surface area contributed by atoms with Crippen molar-refractivity contribution in [3.8, 4) is 0 Å². The predicted molar refractivity (Wildman–Crippen MR) is 75.4 cm³/mol. The van der Waals surface area contributed by atoms with Crippen LogP contribution in [0.2, 0.25) is 5.28 Å². The number of carboxylic acids is 2. The molecule has 1 rings (SSSR count). The molecule has 0 saturated carbocycles. The molecule has 1 aromatic rings. The summed E-state index contributed by atoms with van der Waals surface area (Å²) in [4.78, 5) is 33.3. The van der Waals surface area contributed by atoms with Gasteiger partial charge in [0, 0.05) is 0 Å². The van der Waals surface area contributed by atoms with Gasteiger partial charge in [-0.3, -0.25) is 4.79 Å². The molecular weight excluding hydrogens is 302 g/mol. The summed E-state index contributed by atoms with van der Waals surface area (Å²) in [5, 5.41) is 22.9.